The van der Waals surface area contributed by atoms with Crippen LogP contribution in [0.25, 0.3) is 10.9 Å². The highest BCUT2D eigenvalue weighted by Gasteiger charge is 2.22. The third kappa shape index (κ3) is 4.44. The lowest BCUT2D eigenvalue weighted by atomic mass is 9.86. The van der Waals surface area contributed by atoms with E-state index >= 15 is 0 Å². The second kappa shape index (κ2) is 8.61. The van der Waals surface area contributed by atoms with Crippen molar-refractivity contribution < 1.29 is 4.42 Å². The first-order chi connectivity index (χ1) is 13.7. The van der Waals surface area contributed by atoms with Crippen LogP contribution in [0.15, 0.2) is 47.1 Å². The van der Waals surface area contributed by atoms with Crippen molar-refractivity contribution in [2.45, 2.75) is 38.3 Å². The van der Waals surface area contributed by atoms with Gasteiger partial charge in [0.05, 0.1) is 18.3 Å². The van der Waals surface area contributed by atoms with Gasteiger partial charge in [-0.3, -0.25) is 0 Å². The lowest BCUT2D eigenvalue weighted by Crippen LogP contribution is -2.31. The molecule has 0 aliphatic heterocycles. The molecule has 0 radical (unpaired) electrons. The first-order valence-corrected chi connectivity index (χ1v) is 10.1. The van der Waals surface area contributed by atoms with E-state index in [0.717, 1.165) is 60.3 Å². The Hall–Kier alpha value is -2.60. The van der Waals surface area contributed by atoms with E-state index in [1.165, 1.54) is 12.8 Å². The molecule has 0 amide bonds. The zero-order valence-corrected chi connectivity index (χ0v) is 16.7. The number of nitrogens with zero attached hydrogens (tertiary/aromatic N) is 3. The van der Waals surface area contributed by atoms with Gasteiger partial charge >= 0.3 is 0 Å². The van der Waals surface area contributed by atoms with Gasteiger partial charge in [0.2, 0.25) is 5.95 Å². The summed E-state index contributed by atoms with van der Waals surface area (Å²) in [4.78, 5) is 11.6. The van der Waals surface area contributed by atoms with Crippen LogP contribution in [0.5, 0.6) is 0 Å². The van der Waals surface area contributed by atoms with Crippen LogP contribution >= 0.6 is 0 Å². The van der Waals surface area contributed by atoms with E-state index in [2.05, 4.69) is 27.7 Å². The number of hydrogen-bond acceptors (Lipinski definition) is 6. The molecule has 3 aromatic rings. The standard InChI is InChI=1S/C22H29N5O/c1-27(2)21-19-7-3-4-8-20(19)25-22(26-21)24-17-11-9-16(10-12-17)14-23-15-18-6-5-13-28-18/h3-8,13,16-17,23H,9-12,14-15H2,1-2H3,(H,24,25,26)/t16-,17+. The van der Waals surface area contributed by atoms with E-state index in [9.17, 15) is 0 Å². The maximum atomic E-state index is 5.37. The molecule has 0 saturated heterocycles. The van der Waals surface area contributed by atoms with Crippen LogP contribution < -0.4 is 15.5 Å². The lowest BCUT2D eigenvalue weighted by molar-refractivity contribution is 0.319. The minimum atomic E-state index is 0.442. The number of para-hydroxylation sites is 1. The molecule has 0 bridgehead atoms. The van der Waals surface area contributed by atoms with Crippen LogP contribution in [0.1, 0.15) is 31.4 Å². The molecule has 148 valence electrons. The number of hydrogen-bond donors (Lipinski definition) is 2. The predicted octanol–water partition coefficient (Wildman–Crippen LogP) is 4.05. The molecule has 2 aromatic heterocycles. The molecule has 1 fully saturated rings. The summed E-state index contributed by atoms with van der Waals surface area (Å²) < 4.78 is 5.37. The molecule has 0 spiro atoms. The summed E-state index contributed by atoms with van der Waals surface area (Å²) in [5, 5.41) is 8.19. The second-order valence-corrected chi connectivity index (χ2v) is 7.85. The maximum absolute atomic E-state index is 5.37. The maximum Gasteiger partial charge on any atom is 0.225 e. The molecule has 0 unspecified atom stereocenters. The van der Waals surface area contributed by atoms with Gasteiger partial charge in [-0.25, -0.2) is 4.98 Å². The van der Waals surface area contributed by atoms with Crippen molar-refractivity contribution in [1.82, 2.24) is 15.3 Å². The Labute approximate surface area is 166 Å². The van der Waals surface area contributed by atoms with Gasteiger partial charge in [-0.15, -0.1) is 0 Å². The number of fused-ring (bicyclic) bond motifs is 1. The zero-order chi connectivity index (χ0) is 19.3. The molecule has 1 saturated carbocycles. The van der Waals surface area contributed by atoms with Crippen molar-refractivity contribution in [2.24, 2.45) is 5.92 Å². The van der Waals surface area contributed by atoms with E-state index in [0.29, 0.717) is 6.04 Å². The number of furan rings is 1. The van der Waals surface area contributed by atoms with Gasteiger partial charge in [0, 0.05) is 25.5 Å². The summed E-state index contributed by atoms with van der Waals surface area (Å²) >= 11 is 0. The molecule has 1 aromatic carbocycles. The summed E-state index contributed by atoms with van der Waals surface area (Å²) in [6.07, 6.45) is 6.47. The molecule has 28 heavy (non-hydrogen) atoms. The van der Waals surface area contributed by atoms with Crippen molar-refractivity contribution in [3.05, 3.63) is 48.4 Å². The summed E-state index contributed by atoms with van der Waals surface area (Å²) in [5.41, 5.74) is 0.986. The van der Waals surface area contributed by atoms with E-state index in [4.69, 9.17) is 14.4 Å². The quantitative estimate of drug-likeness (QED) is 0.646. The van der Waals surface area contributed by atoms with Gasteiger partial charge in [0.15, 0.2) is 0 Å². The van der Waals surface area contributed by atoms with Crippen molar-refractivity contribution in [1.29, 1.82) is 0 Å². The summed E-state index contributed by atoms with van der Waals surface area (Å²) in [5.74, 6) is 3.43. The average Bonchev–Trinajstić information content (AvgIpc) is 3.22. The van der Waals surface area contributed by atoms with E-state index in [1.807, 2.05) is 38.4 Å². The van der Waals surface area contributed by atoms with Crippen molar-refractivity contribution in [3.8, 4) is 0 Å². The number of benzene rings is 1. The number of anilines is 2. The van der Waals surface area contributed by atoms with Crippen LogP contribution in [0.4, 0.5) is 11.8 Å². The first-order valence-electron chi connectivity index (χ1n) is 10.1. The van der Waals surface area contributed by atoms with Crippen LogP contribution in [-0.2, 0) is 6.54 Å². The minimum Gasteiger partial charge on any atom is -0.468 e. The molecule has 1 aliphatic carbocycles. The Balaban J connectivity index is 1.32. The van der Waals surface area contributed by atoms with Crippen LogP contribution in [0, 0.1) is 5.92 Å². The molecular formula is C22H29N5O. The summed E-state index contributed by atoms with van der Waals surface area (Å²) in [6.45, 7) is 1.86. The Kier molecular flexibility index (Phi) is 5.76. The lowest BCUT2D eigenvalue weighted by Gasteiger charge is -2.29. The molecule has 2 N–H and O–H groups in total. The fourth-order valence-corrected chi connectivity index (χ4v) is 3.97. The predicted molar refractivity (Wildman–Crippen MR) is 114 cm³/mol. The highest BCUT2D eigenvalue weighted by atomic mass is 16.3. The Morgan fingerprint density at radius 2 is 1.86 bits per heavy atom. The third-order valence-corrected chi connectivity index (χ3v) is 5.50. The molecule has 2 heterocycles. The third-order valence-electron chi connectivity index (χ3n) is 5.50. The molecular weight excluding hydrogens is 350 g/mol. The minimum absolute atomic E-state index is 0.442. The van der Waals surface area contributed by atoms with Crippen molar-refractivity contribution in [2.75, 3.05) is 30.9 Å². The van der Waals surface area contributed by atoms with Gasteiger partial charge in [0.25, 0.3) is 0 Å². The first kappa shape index (κ1) is 18.7. The molecule has 1 aliphatic rings. The smallest absolute Gasteiger partial charge is 0.225 e. The van der Waals surface area contributed by atoms with E-state index in [1.54, 1.807) is 6.26 Å². The van der Waals surface area contributed by atoms with Crippen molar-refractivity contribution >= 4 is 22.7 Å². The molecule has 4 rings (SSSR count). The van der Waals surface area contributed by atoms with E-state index in [-0.39, 0.29) is 0 Å². The molecule has 0 atom stereocenters. The van der Waals surface area contributed by atoms with Gasteiger partial charge in [0.1, 0.15) is 11.6 Å². The van der Waals surface area contributed by atoms with Gasteiger partial charge in [-0.2, -0.15) is 4.98 Å². The molecule has 6 nitrogen and oxygen atoms in total. The normalized spacial score (nSPS) is 19.6. The van der Waals surface area contributed by atoms with Crippen LogP contribution in [-0.4, -0.2) is 36.6 Å². The Bertz CT molecular complexity index is 885. The van der Waals surface area contributed by atoms with Crippen molar-refractivity contribution in [3.63, 3.8) is 0 Å². The van der Waals surface area contributed by atoms with Crippen LogP contribution in [0.3, 0.4) is 0 Å². The number of nitrogens with one attached hydrogen (secondary N) is 2. The highest BCUT2D eigenvalue weighted by Crippen LogP contribution is 2.28. The Morgan fingerprint density at radius 1 is 1.04 bits per heavy atom. The fraction of sp³-hybridized carbons (Fsp3) is 0.455. The summed E-state index contributed by atoms with van der Waals surface area (Å²) in [7, 11) is 4.05. The SMILES string of the molecule is CN(C)c1nc(N[C@H]2CC[C@@H](CNCc3ccco3)CC2)nc2ccccc12. The van der Waals surface area contributed by atoms with E-state index < -0.39 is 0 Å². The zero-order valence-electron chi connectivity index (χ0n) is 16.7. The van der Waals surface area contributed by atoms with Gasteiger partial charge in [-0.1, -0.05) is 12.1 Å². The summed E-state index contributed by atoms with van der Waals surface area (Å²) in [6, 6.07) is 12.6. The average molecular weight is 380 g/mol. The number of aromatic nitrogens is 2. The van der Waals surface area contributed by atoms with Crippen LogP contribution in [0.2, 0.25) is 0 Å². The highest BCUT2D eigenvalue weighted by molar-refractivity contribution is 5.90. The van der Waals surface area contributed by atoms with Gasteiger partial charge < -0.3 is 20.0 Å². The monoisotopic (exact) mass is 379 g/mol. The molecule has 6 heteroatoms. The Morgan fingerprint density at radius 3 is 2.61 bits per heavy atom. The second-order valence-electron chi connectivity index (χ2n) is 7.85. The largest absolute Gasteiger partial charge is 0.468 e. The topological polar surface area (TPSA) is 66.2 Å². The fourth-order valence-electron chi connectivity index (χ4n) is 3.97. The number of rotatable bonds is 7. The van der Waals surface area contributed by atoms with Gasteiger partial charge in [-0.05, 0) is 62.4 Å².